The summed E-state index contributed by atoms with van der Waals surface area (Å²) in [5.41, 5.74) is 1.44. The molecule has 0 spiro atoms. The van der Waals surface area contributed by atoms with Gasteiger partial charge in [0.05, 0.1) is 4.32 Å². The summed E-state index contributed by atoms with van der Waals surface area (Å²) in [6, 6.07) is 10.8. The van der Waals surface area contributed by atoms with Gasteiger partial charge in [0.15, 0.2) is 0 Å². The van der Waals surface area contributed by atoms with Crippen molar-refractivity contribution in [1.82, 2.24) is 0 Å². The molecule has 14 heavy (non-hydrogen) atoms. The zero-order valence-corrected chi connectivity index (χ0v) is 9.57. The van der Waals surface area contributed by atoms with Crippen molar-refractivity contribution in [3.63, 3.8) is 0 Å². The summed E-state index contributed by atoms with van der Waals surface area (Å²) in [5, 5.41) is 0. The summed E-state index contributed by atoms with van der Waals surface area (Å²) in [6.07, 6.45) is 7.36. The Labute approximate surface area is 93.2 Å². The van der Waals surface area contributed by atoms with Gasteiger partial charge in [-0.15, -0.1) is 0 Å². The van der Waals surface area contributed by atoms with Crippen LogP contribution in [0.4, 0.5) is 0 Å². The molecule has 0 aromatic heterocycles. The molecule has 1 aromatic carbocycles. The number of rotatable bonds is 1. The van der Waals surface area contributed by atoms with Crippen molar-refractivity contribution in [2.75, 3.05) is 0 Å². The molecule has 1 heteroatoms. The molecular weight excluding hydrogens is 236 g/mol. The highest BCUT2D eigenvalue weighted by molar-refractivity contribution is 9.09. The van der Waals surface area contributed by atoms with Crippen molar-refractivity contribution < 1.29 is 0 Å². The third-order valence-corrected chi connectivity index (χ3v) is 4.94. The number of benzene rings is 1. The van der Waals surface area contributed by atoms with E-state index in [1.165, 1.54) is 18.4 Å². The van der Waals surface area contributed by atoms with Crippen molar-refractivity contribution in [2.24, 2.45) is 11.8 Å². The third kappa shape index (κ3) is 1.12. The van der Waals surface area contributed by atoms with Gasteiger partial charge in [0.25, 0.3) is 0 Å². The average molecular weight is 249 g/mol. The van der Waals surface area contributed by atoms with E-state index in [0.29, 0.717) is 5.92 Å². The molecule has 0 aliphatic heterocycles. The van der Waals surface area contributed by atoms with E-state index in [0.717, 1.165) is 5.92 Å². The Kier molecular flexibility index (Phi) is 1.85. The highest BCUT2D eigenvalue weighted by Crippen LogP contribution is 2.56. The van der Waals surface area contributed by atoms with Crippen molar-refractivity contribution in [3.05, 3.63) is 48.0 Å². The van der Waals surface area contributed by atoms with E-state index in [4.69, 9.17) is 0 Å². The molecule has 1 fully saturated rings. The third-order valence-electron chi connectivity index (χ3n) is 3.57. The number of allylic oxidation sites excluding steroid dienone is 2. The Bertz CT molecular complexity index is 368. The Morgan fingerprint density at radius 1 is 1.14 bits per heavy atom. The molecule has 2 aliphatic carbocycles. The Hall–Kier alpha value is -0.560. The van der Waals surface area contributed by atoms with E-state index in [9.17, 15) is 0 Å². The highest BCUT2D eigenvalue weighted by Gasteiger charge is 2.47. The van der Waals surface area contributed by atoms with Crippen molar-refractivity contribution in [3.8, 4) is 0 Å². The van der Waals surface area contributed by atoms with E-state index >= 15 is 0 Å². The second-order valence-corrected chi connectivity index (χ2v) is 5.83. The van der Waals surface area contributed by atoms with Gasteiger partial charge in [0, 0.05) is 0 Å². The van der Waals surface area contributed by atoms with Crippen LogP contribution in [0.5, 0.6) is 0 Å². The van der Waals surface area contributed by atoms with Crippen molar-refractivity contribution >= 4 is 15.9 Å². The minimum Gasteiger partial charge on any atom is -0.0850 e. The predicted molar refractivity (Wildman–Crippen MR) is 62.4 cm³/mol. The van der Waals surface area contributed by atoms with Crippen LogP contribution in [0, 0.1) is 11.8 Å². The quantitative estimate of drug-likeness (QED) is 0.523. The van der Waals surface area contributed by atoms with Crippen LogP contribution in [0.15, 0.2) is 42.5 Å². The normalized spacial score (nSPS) is 39.2. The fraction of sp³-hybridized carbons (Fsp3) is 0.385. The lowest BCUT2D eigenvalue weighted by molar-refractivity contribution is 0.540. The lowest BCUT2D eigenvalue weighted by Gasteiger charge is -2.29. The predicted octanol–water partition coefficient (Wildman–Crippen LogP) is 3.87. The Balaban J connectivity index is 2.03. The smallest absolute Gasteiger partial charge is 0.0574 e. The zero-order chi connectivity index (χ0) is 9.60. The van der Waals surface area contributed by atoms with Gasteiger partial charge in [-0.2, -0.15) is 0 Å². The first kappa shape index (κ1) is 8.72. The lowest BCUT2D eigenvalue weighted by atomic mass is 9.87. The molecule has 2 aliphatic rings. The zero-order valence-electron chi connectivity index (χ0n) is 7.99. The standard InChI is InChI=1S/C13H13Br/c14-13(11-4-2-1-3-5-11)9-10-6-7-12(13)8-10/h1-7,10,12H,8-9H2. The van der Waals surface area contributed by atoms with Crippen molar-refractivity contribution in [1.29, 1.82) is 0 Å². The van der Waals surface area contributed by atoms with E-state index in [2.05, 4.69) is 58.4 Å². The van der Waals surface area contributed by atoms with E-state index < -0.39 is 0 Å². The van der Waals surface area contributed by atoms with Crippen LogP contribution in [-0.2, 0) is 4.32 Å². The monoisotopic (exact) mass is 248 g/mol. The van der Waals surface area contributed by atoms with Gasteiger partial charge < -0.3 is 0 Å². The number of alkyl halides is 1. The molecule has 0 heterocycles. The van der Waals surface area contributed by atoms with Gasteiger partial charge in [0.2, 0.25) is 0 Å². The first-order valence-electron chi connectivity index (χ1n) is 5.22. The maximum Gasteiger partial charge on any atom is 0.0574 e. The summed E-state index contributed by atoms with van der Waals surface area (Å²) in [4.78, 5) is 0. The maximum atomic E-state index is 3.96. The summed E-state index contributed by atoms with van der Waals surface area (Å²) in [6.45, 7) is 0. The number of halogens is 1. The maximum absolute atomic E-state index is 3.96. The molecule has 1 saturated carbocycles. The largest absolute Gasteiger partial charge is 0.0850 e. The second kappa shape index (κ2) is 2.96. The van der Waals surface area contributed by atoms with Crippen LogP contribution in [-0.4, -0.2) is 0 Å². The topological polar surface area (TPSA) is 0 Å². The molecule has 2 bridgehead atoms. The summed E-state index contributed by atoms with van der Waals surface area (Å²) >= 11 is 3.96. The molecule has 0 nitrogen and oxygen atoms in total. The Morgan fingerprint density at radius 2 is 1.93 bits per heavy atom. The van der Waals surface area contributed by atoms with Crippen LogP contribution in [0.2, 0.25) is 0 Å². The average Bonchev–Trinajstić information content (AvgIpc) is 2.79. The first-order valence-corrected chi connectivity index (χ1v) is 6.01. The summed E-state index contributed by atoms with van der Waals surface area (Å²) in [5.74, 6) is 1.51. The van der Waals surface area contributed by atoms with Crippen LogP contribution in [0.3, 0.4) is 0 Å². The van der Waals surface area contributed by atoms with Crippen molar-refractivity contribution in [2.45, 2.75) is 17.2 Å². The summed E-state index contributed by atoms with van der Waals surface area (Å²) in [7, 11) is 0. The number of hydrogen-bond acceptors (Lipinski definition) is 0. The first-order chi connectivity index (χ1) is 6.79. The fourth-order valence-corrected chi connectivity index (χ4v) is 3.87. The van der Waals surface area contributed by atoms with Gasteiger partial charge in [-0.05, 0) is 30.2 Å². The minimum absolute atomic E-state index is 0.230. The molecule has 0 N–H and O–H groups in total. The van der Waals surface area contributed by atoms with Gasteiger partial charge in [0.1, 0.15) is 0 Å². The molecule has 1 aromatic rings. The van der Waals surface area contributed by atoms with Gasteiger partial charge in [-0.25, -0.2) is 0 Å². The van der Waals surface area contributed by atoms with E-state index in [-0.39, 0.29) is 4.32 Å². The van der Waals surface area contributed by atoms with Crippen LogP contribution >= 0.6 is 15.9 Å². The molecular formula is C13H13Br. The van der Waals surface area contributed by atoms with Crippen LogP contribution in [0.1, 0.15) is 18.4 Å². The SMILES string of the molecule is BrC1(c2ccccc2)CC2C=CC1C2. The van der Waals surface area contributed by atoms with Crippen LogP contribution < -0.4 is 0 Å². The highest BCUT2D eigenvalue weighted by atomic mass is 79.9. The molecule has 3 rings (SSSR count). The van der Waals surface area contributed by atoms with Gasteiger partial charge >= 0.3 is 0 Å². The Morgan fingerprint density at radius 3 is 2.50 bits per heavy atom. The summed E-state index contributed by atoms with van der Waals surface area (Å²) < 4.78 is 0.230. The molecule has 0 saturated heterocycles. The van der Waals surface area contributed by atoms with Gasteiger partial charge in [-0.1, -0.05) is 58.4 Å². The molecule has 0 amide bonds. The fourth-order valence-electron chi connectivity index (χ4n) is 2.85. The lowest BCUT2D eigenvalue weighted by Crippen LogP contribution is -2.23. The second-order valence-electron chi connectivity index (χ2n) is 4.42. The van der Waals surface area contributed by atoms with Crippen LogP contribution in [0.25, 0.3) is 0 Å². The number of fused-ring (bicyclic) bond motifs is 2. The van der Waals surface area contributed by atoms with Gasteiger partial charge in [-0.3, -0.25) is 0 Å². The molecule has 3 unspecified atom stereocenters. The van der Waals surface area contributed by atoms with E-state index in [1.807, 2.05) is 0 Å². The molecule has 3 atom stereocenters. The minimum atomic E-state index is 0.230. The number of hydrogen-bond donors (Lipinski definition) is 0. The van der Waals surface area contributed by atoms with E-state index in [1.54, 1.807) is 0 Å². The molecule has 72 valence electrons. The molecule has 0 radical (unpaired) electrons.